The maximum Gasteiger partial charge on any atom is 0.317 e. The first-order valence-corrected chi connectivity index (χ1v) is 7.88. The minimum Gasteiger partial charge on any atom is -0.335 e. The van der Waals surface area contributed by atoms with Gasteiger partial charge in [-0.3, -0.25) is 0 Å². The van der Waals surface area contributed by atoms with E-state index in [4.69, 9.17) is 0 Å². The van der Waals surface area contributed by atoms with Crippen LogP contribution in [-0.2, 0) is 9.84 Å². The summed E-state index contributed by atoms with van der Waals surface area (Å²) < 4.78 is 22.2. The quantitative estimate of drug-likeness (QED) is 0.820. The lowest BCUT2D eigenvalue weighted by molar-refractivity contribution is 0.201. The number of likely N-dealkylation sites (tertiary alicyclic amines) is 1. The van der Waals surface area contributed by atoms with Crippen molar-refractivity contribution >= 4 is 15.9 Å². The zero-order chi connectivity index (χ0) is 13.3. The van der Waals surface area contributed by atoms with Crippen LogP contribution in [0.15, 0.2) is 0 Å². The average Bonchev–Trinajstić information content (AvgIpc) is 2.42. The Labute approximate surface area is 103 Å². The summed E-state index contributed by atoms with van der Waals surface area (Å²) in [5.41, 5.74) is 0.164. The minimum absolute atomic E-state index is 0.0179. The van der Waals surface area contributed by atoms with Crippen LogP contribution in [0.1, 0.15) is 27.2 Å². The SMILES string of the molecule is CC(CS(C)(=O)=O)NC(=O)N1CCC(C)(C)C1. The molecule has 0 aromatic heterocycles. The molecule has 1 aliphatic rings. The molecule has 100 valence electrons. The molecule has 1 N–H and O–H groups in total. The second-order valence-electron chi connectivity index (χ2n) is 5.78. The molecule has 1 saturated heterocycles. The van der Waals surface area contributed by atoms with Crippen molar-refractivity contribution in [3.63, 3.8) is 0 Å². The Bertz CT molecular complexity index is 390. The Morgan fingerprint density at radius 2 is 2.06 bits per heavy atom. The van der Waals surface area contributed by atoms with Crippen molar-refractivity contribution in [2.24, 2.45) is 5.41 Å². The van der Waals surface area contributed by atoms with Gasteiger partial charge in [-0.15, -0.1) is 0 Å². The van der Waals surface area contributed by atoms with Gasteiger partial charge in [-0.2, -0.15) is 0 Å². The van der Waals surface area contributed by atoms with Crippen LogP contribution in [0.25, 0.3) is 0 Å². The summed E-state index contributed by atoms with van der Waals surface area (Å²) in [6, 6.07) is -0.507. The highest BCUT2D eigenvalue weighted by Gasteiger charge is 2.32. The summed E-state index contributed by atoms with van der Waals surface area (Å²) in [5, 5.41) is 2.72. The van der Waals surface area contributed by atoms with E-state index in [1.54, 1.807) is 11.8 Å². The molecule has 0 bridgehead atoms. The van der Waals surface area contributed by atoms with Crippen LogP contribution in [0, 0.1) is 5.41 Å². The lowest BCUT2D eigenvalue weighted by Gasteiger charge is -2.22. The van der Waals surface area contributed by atoms with Gasteiger partial charge >= 0.3 is 6.03 Å². The van der Waals surface area contributed by atoms with Gasteiger partial charge in [0.1, 0.15) is 9.84 Å². The molecule has 1 atom stereocenters. The number of rotatable bonds is 3. The lowest BCUT2D eigenvalue weighted by Crippen LogP contribution is -2.45. The molecular formula is C11H22N2O3S. The monoisotopic (exact) mass is 262 g/mol. The van der Waals surface area contributed by atoms with Crippen molar-refractivity contribution in [3.05, 3.63) is 0 Å². The van der Waals surface area contributed by atoms with E-state index >= 15 is 0 Å². The van der Waals surface area contributed by atoms with E-state index in [1.807, 2.05) is 0 Å². The van der Waals surface area contributed by atoms with E-state index in [2.05, 4.69) is 19.2 Å². The zero-order valence-corrected chi connectivity index (χ0v) is 11.8. The molecular weight excluding hydrogens is 240 g/mol. The van der Waals surface area contributed by atoms with Gasteiger partial charge in [0.05, 0.1) is 5.75 Å². The van der Waals surface area contributed by atoms with Gasteiger partial charge in [-0.05, 0) is 18.8 Å². The summed E-state index contributed by atoms with van der Waals surface area (Å²) >= 11 is 0. The summed E-state index contributed by atoms with van der Waals surface area (Å²) in [5.74, 6) is -0.0179. The Morgan fingerprint density at radius 1 is 1.47 bits per heavy atom. The van der Waals surface area contributed by atoms with Crippen molar-refractivity contribution in [3.8, 4) is 0 Å². The molecule has 17 heavy (non-hydrogen) atoms. The molecule has 1 unspecified atom stereocenters. The summed E-state index contributed by atoms with van der Waals surface area (Å²) in [6.07, 6.45) is 2.16. The fourth-order valence-electron chi connectivity index (χ4n) is 2.08. The largest absolute Gasteiger partial charge is 0.335 e. The number of nitrogens with zero attached hydrogens (tertiary/aromatic N) is 1. The van der Waals surface area contributed by atoms with Crippen LogP contribution in [-0.4, -0.2) is 50.5 Å². The highest BCUT2D eigenvalue weighted by molar-refractivity contribution is 7.90. The Balaban J connectivity index is 2.45. The van der Waals surface area contributed by atoms with Crippen LogP contribution in [0.4, 0.5) is 4.79 Å². The first-order valence-electron chi connectivity index (χ1n) is 5.82. The third-order valence-corrected chi connectivity index (χ3v) is 3.99. The third kappa shape index (κ3) is 4.93. The number of hydrogen-bond donors (Lipinski definition) is 1. The van der Waals surface area contributed by atoms with Crippen molar-refractivity contribution in [1.29, 1.82) is 0 Å². The molecule has 0 aliphatic carbocycles. The highest BCUT2D eigenvalue weighted by atomic mass is 32.2. The molecule has 0 aromatic carbocycles. The van der Waals surface area contributed by atoms with Crippen molar-refractivity contribution in [2.45, 2.75) is 33.2 Å². The number of amides is 2. The van der Waals surface area contributed by atoms with Gasteiger partial charge in [0, 0.05) is 25.4 Å². The topological polar surface area (TPSA) is 66.5 Å². The third-order valence-electron chi connectivity index (χ3n) is 2.89. The summed E-state index contributed by atoms with van der Waals surface area (Å²) in [6.45, 7) is 7.43. The van der Waals surface area contributed by atoms with Crippen LogP contribution in [0.2, 0.25) is 0 Å². The smallest absolute Gasteiger partial charge is 0.317 e. The zero-order valence-electron chi connectivity index (χ0n) is 11.0. The molecule has 0 spiro atoms. The van der Waals surface area contributed by atoms with Gasteiger partial charge < -0.3 is 10.2 Å². The van der Waals surface area contributed by atoms with E-state index in [9.17, 15) is 13.2 Å². The molecule has 0 radical (unpaired) electrons. The Hall–Kier alpha value is -0.780. The van der Waals surface area contributed by atoms with Crippen molar-refractivity contribution < 1.29 is 13.2 Å². The molecule has 0 aromatic rings. The van der Waals surface area contributed by atoms with Crippen LogP contribution in [0.3, 0.4) is 0 Å². The molecule has 1 heterocycles. The molecule has 2 amide bonds. The molecule has 1 aliphatic heterocycles. The Morgan fingerprint density at radius 3 is 2.47 bits per heavy atom. The molecule has 1 fully saturated rings. The number of nitrogens with one attached hydrogen (secondary N) is 1. The maximum absolute atomic E-state index is 11.8. The average molecular weight is 262 g/mol. The number of sulfone groups is 1. The highest BCUT2D eigenvalue weighted by Crippen LogP contribution is 2.28. The molecule has 1 rings (SSSR count). The van der Waals surface area contributed by atoms with Gasteiger partial charge in [-0.1, -0.05) is 13.8 Å². The predicted octanol–water partition coefficient (Wildman–Crippen LogP) is 0.861. The second-order valence-corrected chi connectivity index (χ2v) is 7.96. The number of carbonyl (C=O) groups is 1. The van der Waals surface area contributed by atoms with Gasteiger partial charge in [0.25, 0.3) is 0 Å². The summed E-state index contributed by atoms with van der Waals surface area (Å²) in [4.78, 5) is 13.6. The maximum atomic E-state index is 11.8. The Kier molecular flexibility index (Phi) is 4.06. The van der Waals surface area contributed by atoms with Gasteiger partial charge in [0.15, 0.2) is 0 Å². The fourth-order valence-corrected chi connectivity index (χ4v) is 3.08. The number of carbonyl (C=O) groups excluding carboxylic acids is 1. The second kappa shape index (κ2) is 4.84. The van der Waals surface area contributed by atoms with E-state index in [0.29, 0.717) is 0 Å². The molecule has 0 saturated carbocycles. The minimum atomic E-state index is -3.05. The van der Waals surface area contributed by atoms with Gasteiger partial charge in [0.2, 0.25) is 0 Å². The molecule has 5 nitrogen and oxygen atoms in total. The van der Waals surface area contributed by atoms with E-state index < -0.39 is 9.84 Å². The normalized spacial score (nSPS) is 21.3. The number of urea groups is 1. The van der Waals surface area contributed by atoms with Crippen LogP contribution >= 0.6 is 0 Å². The lowest BCUT2D eigenvalue weighted by atomic mass is 9.93. The van der Waals surface area contributed by atoms with E-state index in [0.717, 1.165) is 19.5 Å². The first kappa shape index (κ1) is 14.3. The number of hydrogen-bond acceptors (Lipinski definition) is 3. The van der Waals surface area contributed by atoms with E-state index in [1.165, 1.54) is 6.26 Å². The molecule has 6 heteroatoms. The first-order chi connectivity index (χ1) is 7.59. The van der Waals surface area contributed by atoms with Crippen LogP contribution in [0.5, 0.6) is 0 Å². The standard InChI is InChI=1S/C11H22N2O3S/c1-9(7-17(4,15)16)12-10(14)13-6-5-11(2,3)8-13/h9H,5-8H2,1-4H3,(H,12,14). The van der Waals surface area contributed by atoms with Crippen LogP contribution < -0.4 is 5.32 Å². The van der Waals surface area contributed by atoms with E-state index in [-0.39, 0.29) is 23.2 Å². The van der Waals surface area contributed by atoms with Gasteiger partial charge in [-0.25, -0.2) is 13.2 Å². The predicted molar refractivity (Wildman–Crippen MR) is 67.7 cm³/mol. The summed E-state index contributed by atoms with van der Waals surface area (Å²) in [7, 11) is -3.05. The van der Waals surface area contributed by atoms with Crippen molar-refractivity contribution in [1.82, 2.24) is 10.2 Å². The van der Waals surface area contributed by atoms with Crippen molar-refractivity contribution in [2.75, 3.05) is 25.1 Å². The fraction of sp³-hybridized carbons (Fsp3) is 0.909.